The highest BCUT2D eigenvalue weighted by atomic mass is 19.1. The smallest absolute Gasteiger partial charge is 0.253 e. The Morgan fingerprint density at radius 3 is 2.00 bits per heavy atom. The van der Waals surface area contributed by atoms with Crippen molar-refractivity contribution in [2.45, 2.75) is 95.5 Å². The van der Waals surface area contributed by atoms with E-state index in [1.54, 1.807) is 30.3 Å². The highest BCUT2D eigenvalue weighted by molar-refractivity contribution is 5.97. The van der Waals surface area contributed by atoms with Crippen LogP contribution in [0.4, 0.5) is 8.78 Å². The molecule has 0 saturated heterocycles. The fourth-order valence-electron chi connectivity index (χ4n) is 5.86. The van der Waals surface area contributed by atoms with E-state index in [1.807, 2.05) is 6.07 Å². The molecule has 0 saturated carbocycles. The molecule has 3 aromatic rings. The molecule has 0 aliphatic heterocycles. The largest absolute Gasteiger partial charge is 0.388 e. The van der Waals surface area contributed by atoms with Crippen molar-refractivity contribution in [3.63, 3.8) is 0 Å². The lowest BCUT2D eigenvalue weighted by Gasteiger charge is -2.33. The van der Waals surface area contributed by atoms with Gasteiger partial charge in [0.1, 0.15) is 29.9 Å². The van der Waals surface area contributed by atoms with Crippen LogP contribution < -0.4 is 16.0 Å². The van der Waals surface area contributed by atoms with Crippen molar-refractivity contribution in [2.75, 3.05) is 0 Å². The van der Waals surface area contributed by atoms with Crippen LogP contribution in [0.15, 0.2) is 73.1 Å². The number of aliphatic hydroxyl groups is 2. The summed E-state index contributed by atoms with van der Waals surface area (Å²) in [6.07, 6.45) is 3.17. The molecular formula is C37H45F2N5O5. The van der Waals surface area contributed by atoms with Gasteiger partial charge in [-0.15, -0.1) is 0 Å². The Balaban J connectivity index is 1.92. The molecule has 2 aromatic carbocycles. The molecule has 0 unspecified atom stereocenters. The minimum atomic E-state index is -1.83. The number of halogens is 2. The fraction of sp³-hybridized carbons (Fsp3) is 0.432. The minimum absolute atomic E-state index is 0.0705. The summed E-state index contributed by atoms with van der Waals surface area (Å²) in [7, 11) is 0. The minimum Gasteiger partial charge on any atom is -0.388 e. The van der Waals surface area contributed by atoms with E-state index in [-0.39, 0.29) is 29.5 Å². The lowest BCUT2D eigenvalue weighted by Crippen LogP contribution is -2.59. The first-order chi connectivity index (χ1) is 23.6. The second kappa shape index (κ2) is 19.9. The number of amides is 3. The first-order valence-corrected chi connectivity index (χ1v) is 16.6. The van der Waals surface area contributed by atoms with E-state index >= 15 is 0 Å². The number of nitrogens with one attached hydrogen (secondary N) is 3. The molecule has 5 atom stereocenters. The quantitative estimate of drug-likeness (QED) is 0.124. The normalized spacial score (nSPS) is 14.2. The molecule has 0 bridgehead atoms. The predicted octanol–water partition coefficient (Wildman–Crippen LogP) is 4.62. The third-order valence-electron chi connectivity index (χ3n) is 8.35. The average Bonchev–Trinajstić information content (AvgIpc) is 3.09. The molecule has 3 amide bonds. The molecule has 5 N–H and O–H groups in total. The van der Waals surface area contributed by atoms with E-state index in [9.17, 15) is 38.6 Å². The second-order valence-corrected chi connectivity index (χ2v) is 12.2. The van der Waals surface area contributed by atoms with Crippen LogP contribution in [0.3, 0.4) is 0 Å². The fourth-order valence-corrected chi connectivity index (χ4v) is 5.86. The van der Waals surface area contributed by atoms with E-state index in [4.69, 9.17) is 0 Å². The summed E-state index contributed by atoms with van der Waals surface area (Å²) in [6, 6.07) is 12.1. The van der Waals surface area contributed by atoms with Crippen molar-refractivity contribution in [1.29, 1.82) is 5.26 Å². The summed E-state index contributed by atoms with van der Waals surface area (Å²) in [5.74, 6) is -3.30. The third kappa shape index (κ3) is 12.3. The number of carbonyl (C=O) groups is 3. The number of aliphatic hydroxyl groups excluding tert-OH is 2. The molecule has 0 aliphatic carbocycles. The van der Waals surface area contributed by atoms with Gasteiger partial charge in [-0.2, -0.15) is 5.26 Å². The molecule has 3 rings (SSSR count). The maximum atomic E-state index is 14.2. The number of rotatable bonds is 19. The van der Waals surface area contributed by atoms with Crippen LogP contribution in [0, 0.1) is 28.9 Å². The number of benzene rings is 2. The Hall–Kier alpha value is -4.73. The highest BCUT2D eigenvalue weighted by Gasteiger charge is 2.36. The molecule has 0 spiro atoms. The summed E-state index contributed by atoms with van der Waals surface area (Å²) in [6.45, 7) is 4.15. The van der Waals surface area contributed by atoms with Crippen molar-refractivity contribution >= 4 is 17.7 Å². The molecule has 0 radical (unpaired) electrons. The van der Waals surface area contributed by atoms with E-state index in [1.165, 1.54) is 24.5 Å². The number of nitrogens with zero attached hydrogens (tertiary/aromatic N) is 2. The highest BCUT2D eigenvalue weighted by Crippen LogP contribution is 2.22. The molecule has 0 fully saturated rings. The number of aromatic nitrogens is 1. The lowest BCUT2D eigenvalue weighted by molar-refractivity contribution is -0.125. The molecule has 49 heavy (non-hydrogen) atoms. The van der Waals surface area contributed by atoms with Crippen LogP contribution in [-0.4, -0.2) is 63.3 Å². The van der Waals surface area contributed by atoms with E-state index in [2.05, 4.69) is 34.8 Å². The molecule has 0 aliphatic rings. The first kappa shape index (κ1) is 38.7. The Kier molecular flexibility index (Phi) is 15.8. The zero-order valence-corrected chi connectivity index (χ0v) is 27.8. The third-order valence-corrected chi connectivity index (χ3v) is 8.35. The summed E-state index contributed by atoms with van der Waals surface area (Å²) >= 11 is 0. The zero-order chi connectivity index (χ0) is 35.8. The van der Waals surface area contributed by atoms with Gasteiger partial charge in [0, 0.05) is 24.0 Å². The Morgan fingerprint density at radius 1 is 0.796 bits per heavy atom. The van der Waals surface area contributed by atoms with Gasteiger partial charge in [0.15, 0.2) is 0 Å². The van der Waals surface area contributed by atoms with Gasteiger partial charge in [0.2, 0.25) is 5.91 Å². The molecule has 10 nitrogen and oxygen atoms in total. The van der Waals surface area contributed by atoms with Crippen LogP contribution >= 0.6 is 0 Å². The molecule has 1 aromatic heterocycles. The van der Waals surface area contributed by atoms with Crippen LogP contribution in [0.1, 0.15) is 85.1 Å². The SMILES string of the molecule is CCCC(CCC)CC[C@@H](NC(=O)c1cccnc1)C(=O)N[C@H](Cc1cc(F)cc(F)c1)[C@@H](O)[C@H](O)[C@H](CC#N)NC(=O)c1ccccc1. The first-order valence-electron chi connectivity index (χ1n) is 16.6. The van der Waals surface area contributed by atoms with Crippen LogP contribution in [0.5, 0.6) is 0 Å². The van der Waals surface area contributed by atoms with Gasteiger partial charge < -0.3 is 26.2 Å². The molecule has 262 valence electrons. The second-order valence-electron chi connectivity index (χ2n) is 12.2. The van der Waals surface area contributed by atoms with Crippen molar-refractivity contribution in [1.82, 2.24) is 20.9 Å². The predicted molar refractivity (Wildman–Crippen MR) is 180 cm³/mol. The molecule has 12 heteroatoms. The molecular weight excluding hydrogens is 632 g/mol. The van der Waals surface area contributed by atoms with Gasteiger partial charge >= 0.3 is 0 Å². The van der Waals surface area contributed by atoms with Gasteiger partial charge in [0.25, 0.3) is 11.8 Å². The maximum Gasteiger partial charge on any atom is 0.253 e. The number of carbonyl (C=O) groups excluding carboxylic acids is 3. The summed E-state index contributed by atoms with van der Waals surface area (Å²) < 4.78 is 28.4. The van der Waals surface area contributed by atoms with Gasteiger partial charge in [-0.25, -0.2) is 8.78 Å². The van der Waals surface area contributed by atoms with Crippen LogP contribution in [0.2, 0.25) is 0 Å². The summed E-state index contributed by atoms with van der Waals surface area (Å²) in [4.78, 5) is 44.0. The van der Waals surface area contributed by atoms with Crippen molar-refractivity contribution in [3.8, 4) is 6.07 Å². The Morgan fingerprint density at radius 2 is 1.41 bits per heavy atom. The number of hydrogen-bond acceptors (Lipinski definition) is 7. The van der Waals surface area contributed by atoms with Gasteiger partial charge in [-0.05, 0) is 67.1 Å². The van der Waals surface area contributed by atoms with E-state index < -0.39 is 66.1 Å². The lowest BCUT2D eigenvalue weighted by atomic mass is 9.90. The summed E-state index contributed by atoms with van der Waals surface area (Å²) in [5, 5.41) is 40.3. The topological polar surface area (TPSA) is 164 Å². The van der Waals surface area contributed by atoms with Crippen molar-refractivity contribution < 1.29 is 33.4 Å². The average molecular weight is 678 g/mol. The summed E-state index contributed by atoms with van der Waals surface area (Å²) in [5.41, 5.74) is 0.555. The monoisotopic (exact) mass is 677 g/mol. The number of nitriles is 1. The van der Waals surface area contributed by atoms with Gasteiger partial charge in [-0.3, -0.25) is 19.4 Å². The Bertz CT molecular complexity index is 1510. The van der Waals surface area contributed by atoms with Gasteiger partial charge in [-0.1, -0.05) is 57.7 Å². The maximum absolute atomic E-state index is 14.2. The van der Waals surface area contributed by atoms with E-state index in [0.29, 0.717) is 18.4 Å². The Labute approximate surface area is 286 Å². The van der Waals surface area contributed by atoms with Crippen LogP contribution in [0.25, 0.3) is 0 Å². The standard InChI is InChI=1S/C37H45F2N5O5/c1-3-9-24(10-4-2)14-15-31(43-36(48)27-13-8-18-41-23-27)37(49)44-32(21-25-19-28(38)22-29(39)20-25)34(46)33(45)30(16-17-40)42-35(47)26-11-6-5-7-12-26/h5-8,11-13,18-20,22-24,30-34,45-46H,3-4,9-10,14-16,21H2,1-2H3,(H,42,47)(H,43,48)(H,44,49)/t30-,31+,32+,33+,34+/m0/s1. The van der Waals surface area contributed by atoms with E-state index in [0.717, 1.165) is 37.8 Å². The number of hydrogen-bond donors (Lipinski definition) is 5. The zero-order valence-electron chi connectivity index (χ0n) is 27.8. The van der Waals surface area contributed by atoms with Crippen LogP contribution in [-0.2, 0) is 11.2 Å². The number of pyridine rings is 1. The van der Waals surface area contributed by atoms with Crippen molar-refractivity contribution in [3.05, 3.63) is 101 Å². The van der Waals surface area contributed by atoms with Gasteiger partial charge in [0.05, 0.1) is 30.1 Å². The van der Waals surface area contributed by atoms with Crippen molar-refractivity contribution in [2.24, 2.45) is 5.92 Å². The molecule has 1 heterocycles.